The molecule has 1 heterocycles. The van der Waals surface area contributed by atoms with Crippen LogP contribution in [-0.4, -0.2) is 22.9 Å². The van der Waals surface area contributed by atoms with Crippen molar-refractivity contribution in [3.05, 3.63) is 63.5 Å². The first-order valence-corrected chi connectivity index (χ1v) is 9.70. The van der Waals surface area contributed by atoms with E-state index in [0.29, 0.717) is 11.5 Å². The number of hydrogen-bond donors (Lipinski definition) is 0. The SMILES string of the molecule is Cc1ccc(C)c(C(=O)COC(=O)/C(C#N)=C/c2cc(C)n(CC(C)C)c2C)c1. The van der Waals surface area contributed by atoms with Crippen molar-refractivity contribution >= 4 is 17.8 Å². The highest BCUT2D eigenvalue weighted by molar-refractivity contribution is 6.02. The van der Waals surface area contributed by atoms with Crippen LogP contribution in [0.5, 0.6) is 0 Å². The van der Waals surface area contributed by atoms with Crippen molar-refractivity contribution in [2.45, 2.75) is 48.1 Å². The molecule has 0 aliphatic heterocycles. The number of nitrogens with zero attached hydrogens (tertiary/aromatic N) is 2. The monoisotopic (exact) mass is 392 g/mol. The molecule has 0 aliphatic carbocycles. The highest BCUT2D eigenvalue weighted by Crippen LogP contribution is 2.20. The lowest BCUT2D eigenvalue weighted by molar-refractivity contribution is -0.137. The second-order valence-electron chi connectivity index (χ2n) is 7.82. The molecular weight excluding hydrogens is 364 g/mol. The lowest BCUT2D eigenvalue weighted by Gasteiger charge is -2.12. The fourth-order valence-electron chi connectivity index (χ4n) is 3.24. The molecule has 152 valence electrons. The van der Waals surface area contributed by atoms with Gasteiger partial charge in [0.1, 0.15) is 11.6 Å². The highest BCUT2D eigenvalue weighted by Gasteiger charge is 2.17. The Morgan fingerprint density at radius 3 is 2.48 bits per heavy atom. The zero-order valence-corrected chi connectivity index (χ0v) is 18.0. The number of aryl methyl sites for hydroxylation is 3. The Balaban J connectivity index is 2.16. The van der Waals surface area contributed by atoms with Gasteiger partial charge in [-0.3, -0.25) is 4.79 Å². The van der Waals surface area contributed by atoms with Crippen molar-refractivity contribution in [2.24, 2.45) is 5.92 Å². The van der Waals surface area contributed by atoms with Crippen molar-refractivity contribution in [3.63, 3.8) is 0 Å². The van der Waals surface area contributed by atoms with E-state index in [1.54, 1.807) is 6.07 Å². The number of carbonyl (C=O) groups excluding carboxylic acids is 2. The maximum absolute atomic E-state index is 12.4. The Morgan fingerprint density at radius 1 is 1.17 bits per heavy atom. The molecule has 1 aromatic heterocycles. The maximum atomic E-state index is 12.4. The van der Waals surface area contributed by atoms with Crippen molar-refractivity contribution in [1.29, 1.82) is 5.26 Å². The molecule has 5 heteroatoms. The van der Waals surface area contributed by atoms with Gasteiger partial charge >= 0.3 is 5.97 Å². The molecule has 0 amide bonds. The summed E-state index contributed by atoms with van der Waals surface area (Å²) in [6.45, 7) is 12.4. The predicted molar refractivity (Wildman–Crippen MR) is 114 cm³/mol. The number of ether oxygens (including phenoxy) is 1. The van der Waals surface area contributed by atoms with Crippen LogP contribution in [0.2, 0.25) is 0 Å². The molecule has 0 aliphatic rings. The van der Waals surface area contributed by atoms with Crippen LogP contribution < -0.4 is 0 Å². The van der Waals surface area contributed by atoms with Gasteiger partial charge in [0.15, 0.2) is 6.61 Å². The minimum absolute atomic E-state index is 0.122. The lowest BCUT2D eigenvalue weighted by atomic mass is 10.0. The number of esters is 1. The average molecular weight is 392 g/mol. The molecule has 0 N–H and O–H groups in total. The Kier molecular flexibility index (Phi) is 7.17. The van der Waals surface area contributed by atoms with E-state index < -0.39 is 12.6 Å². The summed E-state index contributed by atoms with van der Waals surface area (Å²) >= 11 is 0. The molecule has 0 atom stereocenters. The van der Waals surface area contributed by atoms with Crippen LogP contribution in [-0.2, 0) is 16.1 Å². The van der Waals surface area contributed by atoms with Crippen LogP contribution in [0.15, 0.2) is 29.8 Å². The molecule has 2 rings (SSSR count). The van der Waals surface area contributed by atoms with Gasteiger partial charge in [-0.1, -0.05) is 31.5 Å². The zero-order chi connectivity index (χ0) is 21.7. The minimum Gasteiger partial charge on any atom is -0.453 e. The summed E-state index contributed by atoms with van der Waals surface area (Å²) in [5.41, 5.74) is 5.05. The third kappa shape index (κ3) is 5.45. The first kappa shape index (κ1) is 22.2. The van der Waals surface area contributed by atoms with E-state index >= 15 is 0 Å². The lowest BCUT2D eigenvalue weighted by Crippen LogP contribution is -2.16. The first-order chi connectivity index (χ1) is 13.6. The van der Waals surface area contributed by atoms with E-state index in [4.69, 9.17) is 4.74 Å². The first-order valence-electron chi connectivity index (χ1n) is 9.70. The summed E-state index contributed by atoms with van der Waals surface area (Å²) in [6.07, 6.45) is 1.53. The average Bonchev–Trinajstić information content (AvgIpc) is 2.92. The topological polar surface area (TPSA) is 72.1 Å². The van der Waals surface area contributed by atoms with Crippen LogP contribution in [0.25, 0.3) is 6.08 Å². The summed E-state index contributed by atoms with van der Waals surface area (Å²) in [4.78, 5) is 24.8. The van der Waals surface area contributed by atoms with E-state index in [2.05, 4.69) is 18.4 Å². The number of Topliss-reactive ketones (excluding diaryl/α,β-unsaturated/α-hetero) is 1. The molecule has 0 radical (unpaired) electrons. The van der Waals surface area contributed by atoms with Gasteiger partial charge in [0, 0.05) is 23.5 Å². The summed E-state index contributed by atoms with van der Waals surface area (Å²) in [5, 5.41) is 9.42. The Bertz CT molecular complexity index is 1000. The van der Waals surface area contributed by atoms with Gasteiger partial charge in [0.05, 0.1) is 0 Å². The maximum Gasteiger partial charge on any atom is 0.349 e. The van der Waals surface area contributed by atoms with Crippen molar-refractivity contribution in [2.75, 3.05) is 6.61 Å². The molecule has 5 nitrogen and oxygen atoms in total. The molecule has 0 unspecified atom stereocenters. The number of carbonyl (C=O) groups is 2. The molecule has 0 saturated heterocycles. The molecule has 2 aromatic rings. The van der Waals surface area contributed by atoms with Crippen molar-refractivity contribution in [3.8, 4) is 6.07 Å². The van der Waals surface area contributed by atoms with Gasteiger partial charge in [-0.15, -0.1) is 0 Å². The van der Waals surface area contributed by atoms with Gasteiger partial charge in [-0.25, -0.2) is 4.79 Å². The largest absolute Gasteiger partial charge is 0.453 e. The summed E-state index contributed by atoms with van der Waals surface area (Å²) in [7, 11) is 0. The normalized spacial score (nSPS) is 11.4. The van der Waals surface area contributed by atoms with E-state index in [9.17, 15) is 14.9 Å². The van der Waals surface area contributed by atoms with E-state index in [0.717, 1.165) is 34.6 Å². The van der Waals surface area contributed by atoms with Gasteiger partial charge in [0.25, 0.3) is 0 Å². The smallest absolute Gasteiger partial charge is 0.349 e. The molecular formula is C24H28N2O3. The Labute approximate surface area is 172 Å². The molecule has 0 spiro atoms. The number of hydrogen-bond acceptors (Lipinski definition) is 4. The van der Waals surface area contributed by atoms with Gasteiger partial charge in [-0.2, -0.15) is 5.26 Å². The quantitative estimate of drug-likeness (QED) is 0.296. The van der Waals surface area contributed by atoms with E-state index in [1.807, 2.05) is 52.0 Å². The molecule has 29 heavy (non-hydrogen) atoms. The van der Waals surface area contributed by atoms with Gasteiger partial charge in [0.2, 0.25) is 5.78 Å². The number of ketones is 1. The van der Waals surface area contributed by atoms with Gasteiger partial charge < -0.3 is 9.30 Å². The van der Waals surface area contributed by atoms with E-state index in [-0.39, 0.29) is 11.4 Å². The molecule has 1 aromatic carbocycles. The van der Waals surface area contributed by atoms with Crippen LogP contribution in [0, 0.1) is 44.9 Å². The zero-order valence-electron chi connectivity index (χ0n) is 18.0. The molecule has 0 fully saturated rings. The second-order valence-corrected chi connectivity index (χ2v) is 7.82. The highest BCUT2D eigenvalue weighted by atomic mass is 16.5. The number of nitriles is 1. The number of aromatic nitrogens is 1. The van der Waals surface area contributed by atoms with Gasteiger partial charge in [-0.05, 0) is 62.9 Å². The summed E-state index contributed by atoms with van der Waals surface area (Å²) in [6, 6.07) is 9.40. The third-order valence-corrected chi connectivity index (χ3v) is 4.83. The fourth-order valence-corrected chi connectivity index (χ4v) is 3.24. The minimum atomic E-state index is -0.792. The standard InChI is InChI=1S/C24H28N2O3/c1-15(2)13-26-18(5)10-20(19(26)6)11-21(12-25)24(28)29-14-23(27)22-9-16(3)7-8-17(22)4/h7-11,15H,13-14H2,1-6H3/b21-11+. The molecule has 0 saturated carbocycles. The Morgan fingerprint density at radius 2 is 1.86 bits per heavy atom. The third-order valence-electron chi connectivity index (χ3n) is 4.83. The number of rotatable bonds is 7. The molecule has 0 bridgehead atoms. The van der Waals surface area contributed by atoms with Crippen LogP contribution >= 0.6 is 0 Å². The summed E-state index contributed by atoms with van der Waals surface area (Å²) in [5.74, 6) is -0.597. The summed E-state index contributed by atoms with van der Waals surface area (Å²) < 4.78 is 7.30. The van der Waals surface area contributed by atoms with Crippen molar-refractivity contribution < 1.29 is 14.3 Å². The predicted octanol–water partition coefficient (Wildman–Crippen LogP) is 4.71. The fraction of sp³-hybridized carbons (Fsp3) is 0.375. The van der Waals surface area contributed by atoms with Crippen LogP contribution in [0.3, 0.4) is 0 Å². The number of benzene rings is 1. The second kappa shape index (κ2) is 9.38. The van der Waals surface area contributed by atoms with Crippen LogP contribution in [0.1, 0.15) is 52.3 Å². The van der Waals surface area contributed by atoms with Crippen molar-refractivity contribution in [1.82, 2.24) is 4.57 Å². The van der Waals surface area contributed by atoms with Crippen LogP contribution in [0.4, 0.5) is 0 Å². The Hall–Kier alpha value is -3.13. The van der Waals surface area contributed by atoms with E-state index in [1.165, 1.54) is 6.08 Å².